The molecule has 1 unspecified atom stereocenters. The molecule has 1 amide bonds. The van der Waals surface area contributed by atoms with E-state index in [0.717, 1.165) is 6.42 Å². The Morgan fingerprint density at radius 2 is 2.12 bits per heavy atom. The highest BCUT2D eigenvalue weighted by Crippen LogP contribution is 2.04. The first-order chi connectivity index (χ1) is 8.00. The molecule has 0 spiro atoms. The molecule has 0 radical (unpaired) electrons. The highest BCUT2D eigenvalue weighted by molar-refractivity contribution is 5.81. The van der Waals surface area contributed by atoms with Crippen LogP contribution >= 0.6 is 0 Å². The predicted molar refractivity (Wildman–Crippen MR) is 70.7 cm³/mol. The Bertz CT molecular complexity index is 374. The molecule has 0 saturated heterocycles. The van der Waals surface area contributed by atoms with E-state index in [1.54, 1.807) is 0 Å². The Morgan fingerprint density at radius 1 is 1.41 bits per heavy atom. The molecule has 17 heavy (non-hydrogen) atoms. The van der Waals surface area contributed by atoms with Crippen molar-refractivity contribution in [2.75, 3.05) is 6.54 Å². The van der Waals surface area contributed by atoms with Crippen LogP contribution in [0.25, 0.3) is 0 Å². The quantitative estimate of drug-likeness (QED) is 0.813. The number of amides is 1. The fraction of sp³-hybridized carbons (Fsp3) is 0.500. The van der Waals surface area contributed by atoms with Crippen LogP contribution in [0.4, 0.5) is 0 Å². The first-order valence-corrected chi connectivity index (χ1v) is 6.09. The van der Waals surface area contributed by atoms with E-state index in [-0.39, 0.29) is 11.8 Å². The average molecular weight is 234 g/mol. The number of hydrogen-bond donors (Lipinski definition) is 2. The monoisotopic (exact) mass is 234 g/mol. The number of rotatable bonds is 5. The van der Waals surface area contributed by atoms with Gasteiger partial charge < -0.3 is 11.1 Å². The summed E-state index contributed by atoms with van der Waals surface area (Å²) in [6.45, 7) is 6.61. The molecule has 1 atom stereocenters. The zero-order chi connectivity index (χ0) is 12.8. The summed E-state index contributed by atoms with van der Waals surface area (Å²) in [6, 6.07) is 7.90. The summed E-state index contributed by atoms with van der Waals surface area (Å²) in [7, 11) is 0. The van der Waals surface area contributed by atoms with Gasteiger partial charge in [-0.25, -0.2) is 0 Å². The largest absolute Gasteiger partial charge is 0.354 e. The smallest absolute Gasteiger partial charge is 0.237 e. The van der Waals surface area contributed by atoms with Gasteiger partial charge in [0, 0.05) is 6.54 Å². The van der Waals surface area contributed by atoms with E-state index in [9.17, 15) is 4.79 Å². The van der Waals surface area contributed by atoms with Gasteiger partial charge in [0.15, 0.2) is 0 Å². The third kappa shape index (κ3) is 4.57. The van der Waals surface area contributed by atoms with Gasteiger partial charge >= 0.3 is 0 Å². The number of carbonyl (C=O) groups excluding carboxylic acids is 1. The Morgan fingerprint density at radius 3 is 2.71 bits per heavy atom. The molecule has 3 heteroatoms. The molecular weight excluding hydrogens is 212 g/mol. The second kappa shape index (κ2) is 6.40. The van der Waals surface area contributed by atoms with Gasteiger partial charge in [-0.3, -0.25) is 4.79 Å². The second-order valence-electron chi connectivity index (χ2n) is 4.80. The molecule has 3 nitrogen and oxygen atoms in total. The van der Waals surface area contributed by atoms with Gasteiger partial charge in [-0.1, -0.05) is 43.7 Å². The highest BCUT2D eigenvalue weighted by atomic mass is 16.2. The van der Waals surface area contributed by atoms with Crippen LogP contribution in [0.15, 0.2) is 24.3 Å². The van der Waals surface area contributed by atoms with Gasteiger partial charge in [-0.15, -0.1) is 0 Å². The van der Waals surface area contributed by atoms with Crippen molar-refractivity contribution in [2.45, 2.75) is 33.2 Å². The molecule has 1 aromatic rings. The molecule has 94 valence electrons. The van der Waals surface area contributed by atoms with Gasteiger partial charge in [0.05, 0.1) is 6.04 Å². The normalized spacial score (nSPS) is 12.5. The number of benzene rings is 1. The van der Waals surface area contributed by atoms with E-state index in [0.29, 0.717) is 6.54 Å². The molecule has 0 aliphatic rings. The Labute approximate surface area is 103 Å². The van der Waals surface area contributed by atoms with Crippen LogP contribution in [0.5, 0.6) is 0 Å². The zero-order valence-electron chi connectivity index (χ0n) is 10.9. The van der Waals surface area contributed by atoms with Gasteiger partial charge in [0.25, 0.3) is 0 Å². The minimum atomic E-state index is -0.410. The van der Waals surface area contributed by atoms with Crippen molar-refractivity contribution in [2.24, 2.45) is 11.7 Å². The van der Waals surface area contributed by atoms with Crippen LogP contribution in [-0.4, -0.2) is 18.5 Å². The number of nitrogens with two attached hydrogens (primary N) is 1. The molecule has 0 aliphatic heterocycles. The number of aryl methyl sites for hydroxylation is 1. The molecule has 0 heterocycles. The summed E-state index contributed by atoms with van der Waals surface area (Å²) >= 11 is 0. The number of nitrogens with one attached hydrogen (secondary N) is 1. The van der Waals surface area contributed by atoms with Crippen LogP contribution in [0, 0.1) is 12.8 Å². The second-order valence-corrected chi connectivity index (χ2v) is 4.80. The molecule has 0 fully saturated rings. The molecule has 0 bridgehead atoms. The van der Waals surface area contributed by atoms with Crippen LogP contribution in [0.3, 0.4) is 0 Å². The van der Waals surface area contributed by atoms with Crippen molar-refractivity contribution < 1.29 is 4.79 Å². The Kier molecular flexibility index (Phi) is 5.16. The summed E-state index contributed by atoms with van der Waals surface area (Å²) in [6.07, 6.45) is 0.845. The van der Waals surface area contributed by atoms with Crippen molar-refractivity contribution in [1.82, 2.24) is 5.32 Å². The Balaban J connectivity index is 2.35. The molecular formula is C14H22N2O. The summed E-state index contributed by atoms with van der Waals surface area (Å²) < 4.78 is 0. The van der Waals surface area contributed by atoms with Crippen molar-refractivity contribution >= 4 is 5.91 Å². The number of carbonyl (C=O) groups is 1. The van der Waals surface area contributed by atoms with Crippen molar-refractivity contribution in [3.05, 3.63) is 35.4 Å². The molecule has 3 N–H and O–H groups in total. The first-order valence-electron chi connectivity index (χ1n) is 6.09. The van der Waals surface area contributed by atoms with Gasteiger partial charge in [-0.05, 0) is 24.8 Å². The lowest BCUT2D eigenvalue weighted by Crippen LogP contribution is -2.44. The van der Waals surface area contributed by atoms with Crippen LogP contribution in [0.1, 0.15) is 25.0 Å². The third-order valence-electron chi connectivity index (χ3n) is 2.82. The fourth-order valence-corrected chi connectivity index (χ4v) is 1.62. The van der Waals surface area contributed by atoms with E-state index in [1.807, 2.05) is 19.9 Å². The number of hydrogen-bond acceptors (Lipinski definition) is 2. The molecule has 0 saturated carbocycles. The van der Waals surface area contributed by atoms with E-state index >= 15 is 0 Å². The van der Waals surface area contributed by atoms with Crippen molar-refractivity contribution in [1.29, 1.82) is 0 Å². The average Bonchev–Trinajstić information content (AvgIpc) is 2.27. The third-order valence-corrected chi connectivity index (χ3v) is 2.82. The van der Waals surface area contributed by atoms with E-state index in [1.165, 1.54) is 11.1 Å². The van der Waals surface area contributed by atoms with E-state index in [4.69, 9.17) is 5.73 Å². The maximum absolute atomic E-state index is 11.6. The predicted octanol–water partition coefficient (Wildman–Crippen LogP) is 1.64. The zero-order valence-corrected chi connectivity index (χ0v) is 10.9. The van der Waals surface area contributed by atoms with Crippen LogP contribution < -0.4 is 11.1 Å². The summed E-state index contributed by atoms with van der Waals surface area (Å²) in [5.41, 5.74) is 8.23. The fourth-order valence-electron chi connectivity index (χ4n) is 1.62. The lowest BCUT2D eigenvalue weighted by Gasteiger charge is -2.15. The maximum Gasteiger partial charge on any atom is 0.237 e. The summed E-state index contributed by atoms with van der Waals surface area (Å²) in [4.78, 5) is 11.6. The van der Waals surface area contributed by atoms with Crippen molar-refractivity contribution in [3.8, 4) is 0 Å². The van der Waals surface area contributed by atoms with Gasteiger partial charge in [0.2, 0.25) is 5.91 Å². The van der Waals surface area contributed by atoms with Gasteiger partial charge in [0.1, 0.15) is 0 Å². The minimum Gasteiger partial charge on any atom is -0.354 e. The van der Waals surface area contributed by atoms with E-state index < -0.39 is 6.04 Å². The maximum atomic E-state index is 11.6. The summed E-state index contributed by atoms with van der Waals surface area (Å²) in [5.74, 6) is 0.113. The van der Waals surface area contributed by atoms with Gasteiger partial charge in [-0.2, -0.15) is 0 Å². The molecule has 0 aliphatic carbocycles. The van der Waals surface area contributed by atoms with Crippen molar-refractivity contribution in [3.63, 3.8) is 0 Å². The van der Waals surface area contributed by atoms with E-state index in [2.05, 4.69) is 30.4 Å². The highest BCUT2D eigenvalue weighted by Gasteiger charge is 2.16. The molecule has 0 aromatic heterocycles. The first kappa shape index (κ1) is 13.7. The lowest BCUT2D eigenvalue weighted by molar-refractivity contribution is -0.123. The lowest BCUT2D eigenvalue weighted by atomic mass is 10.0. The Hall–Kier alpha value is -1.35. The standard InChI is InChI=1S/C14H22N2O/c1-10(2)13(15)14(17)16-8-7-12-6-4-5-11(3)9-12/h4-6,9-10,13H,7-8,15H2,1-3H3,(H,16,17). The molecule has 1 rings (SSSR count). The van der Waals surface area contributed by atoms with Crippen LogP contribution in [0.2, 0.25) is 0 Å². The SMILES string of the molecule is Cc1cccc(CCNC(=O)C(N)C(C)C)c1. The minimum absolute atomic E-state index is 0.0624. The molecule has 1 aromatic carbocycles. The summed E-state index contributed by atoms with van der Waals surface area (Å²) in [5, 5.41) is 2.87. The van der Waals surface area contributed by atoms with Crippen LogP contribution in [-0.2, 0) is 11.2 Å². The topological polar surface area (TPSA) is 55.1 Å².